The van der Waals surface area contributed by atoms with Gasteiger partial charge < -0.3 is 15.2 Å². The fourth-order valence-corrected chi connectivity index (χ4v) is 1.85. The second-order valence-corrected chi connectivity index (χ2v) is 4.66. The van der Waals surface area contributed by atoms with Gasteiger partial charge in [-0.25, -0.2) is 4.79 Å². The second-order valence-electron chi connectivity index (χ2n) is 4.66. The molecule has 0 aliphatic carbocycles. The van der Waals surface area contributed by atoms with Gasteiger partial charge in [0.25, 0.3) is 0 Å². The molecule has 0 heterocycles. The number of hydrogen-bond donors (Lipinski definition) is 2. The van der Waals surface area contributed by atoms with E-state index in [0.717, 1.165) is 19.4 Å². The molecule has 4 heteroatoms. The van der Waals surface area contributed by atoms with Crippen molar-refractivity contribution >= 4 is 5.97 Å². The molecule has 0 unspecified atom stereocenters. The summed E-state index contributed by atoms with van der Waals surface area (Å²) < 4.78 is 4.51. The highest BCUT2D eigenvalue weighted by atomic mass is 16.5. The minimum Gasteiger partial charge on any atom is -0.466 e. The van der Waals surface area contributed by atoms with E-state index in [9.17, 15) is 4.79 Å². The first kappa shape index (κ1) is 18.1. The van der Waals surface area contributed by atoms with Crippen LogP contribution in [0.4, 0.5) is 0 Å². The maximum atomic E-state index is 10.8. The van der Waals surface area contributed by atoms with Gasteiger partial charge in [0.1, 0.15) is 0 Å². The van der Waals surface area contributed by atoms with E-state index in [2.05, 4.69) is 10.1 Å². The minimum absolute atomic E-state index is 0.227. The summed E-state index contributed by atoms with van der Waals surface area (Å²) in [5.74, 6) is -0.269. The number of methoxy groups -OCH3 is 1. The van der Waals surface area contributed by atoms with E-state index in [1.165, 1.54) is 51.7 Å². The summed E-state index contributed by atoms with van der Waals surface area (Å²) in [7, 11) is 1.39. The molecule has 0 amide bonds. The van der Waals surface area contributed by atoms with Gasteiger partial charge in [0, 0.05) is 12.6 Å². The summed E-state index contributed by atoms with van der Waals surface area (Å²) in [5, 5.41) is 11.8. The Kier molecular flexibility index (Phi) is 14.5. The van der Waals surface area contributed by atoms with Crippen LogP contribution < -0.4 is 5.32 Å². The first-order chi connectivity index (χ1) is 9.31. The largest absolute Gasteiger partial charge is 0.466 e. The van der Waals surface area contributed by atoms with Crippen molar-refractivity contribution in [3.8, 4) is 0 Å². The van der Waals surface area contributed by atoms with Gasteiger partial charge in [-0.1, -0.05) is 38.2 Å². The van der Waals surface area contributed by atoms with Crippen LogP contribution >= 0.6 is 0 Å². The summed E-state index contributed by atoms with van der Waals surface area (Å²) in [4.78, 5) is 10.8. The van der Waals surface area contributed by atoms with Crippen LogP contribution in [0.2, 0.25) is 0 Å². The number of aliphatic hydroxyl groups excluding tert-OH is 1. The number of ether oxygens (including phenoxy) is 1. The minimum atomic E-state index is -0.269. The molecule has 0 aliphatic rings. The Labute approximate surface area is 117 Å². The van der Waals surface area contributed by atoms with E-state index < -0.39 is 0 Å². The molecule has 0 atom stereocenters. The third-order valence-electron chi connectivity index (χ3n) is 2.97. The summed E-state index contributed by atoms with van der Waals surface area (Å²) >= 11 is 0. The van der Waals surface area contributed by atoms with Crippen LogP contribution in [0.3, 0.4) is 0 Å². The highest BCUT2D eigenvalue weighted by Crippen LogP contribution is 2.08. The van der Waals surface area contributed by atoms with Crippen molar-refractivity contribution in [3.63, 3.8) is 0 Å². The maximum Gasteiger partial charge on any atom is 0.330 e. The van der Waals surface area contributed by atoms with Crippen LogP contribution in [0.25, 0.3) is 0 Å². The lowest BCUT2D eigenvalue weighted by atomic mass is 10.1. The molecule has 0 fully saturated rings. The summed E-state index contributed by atoms with van der Waals surface area (Å²) in [6.07, 6.45) is 13.0. The standard InChI is InChI=1S/C15H29NO3/c1-19-15(18)11-9-7-5-3-2-4-6-8-10-12-16-13-14-17/h9,11,16-17H,2-8,10,12-14H2,1H3. The Bertz CT molecular complexity index is 229. The number of esters is 1. The van der Waals surface area contributed by atoms with Crippen molar-refractivity contribution in [2.24, 2.45) is 0 Å². The normalized spacial score (nSPS) is 11.1. The molecular formula is C15H29NO3. The first-order valence-electron chi connectivity index (χ1n) is 7.37. The zero-order chi connectivity index (χ0) is 14.2. The maximum absolute atomic E-state index is 10.8. The van der Waals surface area contributed by atoms with Gasteiger partial charge in [-0.05, 0) is 25.8 Å². The molecule has 2 N–H and O–H groups in total. The smallest absolute Gasteiger partial charge is 0.330 e. The number of aliphatic hydroxyl groups is 1. The van der Waals surface area contributed by atoms with Gasteiger partial charge in [0.15, 0.2) is 0 Å². The fourth-order valence-electron chi connectivity index (χ4n) is 1.85. The van der Waals surface area contributed by atoms with Crippen LogP contribution in [0.5, 0.6) is 0 Å². The Morgan fingerprint density at radius 2 is 1.68 bits per heavy atom. The molecule has 0 aromatic rings. The monoisotopic (exact) mass is 271 g/mol. The quantitative estimate of drug-likeness (QED) is 0.307. The van der Waals surface area contributed by atoms with E-state index in [-0.39, 0.29) is 12.6 Å². The molecule has 4 nitrogen and oxygen atoms in total. The fraction of sp³-hybridized carbons (Fsp3) is 0.800. The molecule has 112 valence electrons. The molecule has 0 saturated carbocycles. The molecule has 0 spiro atoms. The molecule has 0 rings (SSSR count). The number of rotatable bonds is 13. The van der Waals surface area contributed by atoms with Crippen molar-refractivity contribution in [2.75, 3.05) is 26.8 Å². The molecule has 0 saturated heterocycles. The Balaban J connectivity index is 3.07. The second kappa shape index (κ2) is 15.2. The lowest BCUT2D eigenvalue weighted by Gasteiger charge is -2.03. The number of carbonyl (C=O) groups excluding carboxylic acids is 1. The average molecular weight is 271 g/mol. The average Bonchev–Trinajstić information content (AvgIpc) is 2.43. The molecular weight excluding hydrogens is 242 g/mol. The predicted octanol–water partition coefficient (Wildman–Crippen LogP) is 2.42. The van der Waals surface area contributed by atoms with Gasteiger partial charge in [0.05, 0.1) is 13.7 Å². The van der Waals surface area contributed by atoms with Gasteiger partial charge in [-0.2, -0.15) is 0 Å². The summed E-state index contributed by atoms with van der Waals surface area (Å²) in [6.45, 7) is 1.95. The van der Waals surface area contributed by atoms with Crippen LogP contribution in [0, 0.1) is 0 Å². The Hall–Kier alpha value is -0.870. The van der Waals surface area contributed by atoms with Gasteiger partial charge in [-0.3, -0.25) is 0 Å². The zero-order valence-electron chi connectivity index (χ0n) is 12.2. The van der Waals surface area contributed by atoms with Gasteiger partial charge in [-0.15, -0.1) is 0 Å². The predicted molar refractivity (Wildman–Crippen MR) is 78.0 cm³/mol. The Morgan fingerprint density at radius 3 is 2.32 bits per heavy atom. The third-order valence-corrected chi connectivity index (χ3v) is 2.97. The highest BCUT2D eigenvalue weighted by Gasteiger charge is 1.93. The van der Waals surface area contributed by atoms with Gasteiger partial charge in [0.2, 0.25) is 0 Å². The van der Waals surface area contributed by atoms with Gasteiger partial charge >= 0.3 is 5.97 Å². The van der Waals surface area contributed by atoms with Crippen molar-refractivity contribution in [1.29, 1.82) is 0 Å². The lowest BCUT2D eigenvalue weighted by molar-refractivity contribution is -0.134. The Morgan fingerprint density at radius 1 is 1.05 bits per heavy atom. The summed E-state index contributed by atoms with van der Waals surface area (Å²) in [5.41, 5.74) is 0. The number of nitrogens with one attached hydrogen (secondary N) is 1. The zero-order valence-corrected chi connectivity index (χ0v) is 12.2. The van der Waals surface area contributed by atoms with Crippen molar-refractivity contribution in [1.82, 2.24) is 5.32 Å². The van der Waals surface area contributed by atoms with Crippen LogP contribution in [0.1, 0.15) is 51.4 Å². The molecule has 0 aromatic heterocycles. The first-order valence-corrected chi connectivity index (χ1v) is 7.37. The van der Waals surface area contributed by atoms with E-state index in [4.69, 9.17) is 5.11 Å². The van der Waals surface area contributed by atoms with E-state index in [1.54, 1.807) is 0 Å². The number of carbonyl (C=O) groups is 1. The molecule has 0 bridgehead atoms. The number of hydrogen-bond acceptors (Lipinski definition) is 4. The number of unbranched alkanes of at least 4 members (excludes halogenated alkanes) is 7. The molecule has 0 aromatic carbocycles. The van der Waals surface area contributed by atoms with E-state index in [0.29, 0.717) is 6.54 Å². The molecule has 0 aliphatic heterocycles. The van der Waals surface area contributed by atoms with E-state index >= 15 is 0 Å². The lowest BCUT2D eigenvalue weighted by Crippen LogP contribution is -2.19. The highest BCUT2D eigenvalue weighted by molar-refractivity contribution is 5.81. The molecule has 19 heavy (non-hydrogen) atoms. The van der Waals surface area contributed by atoms with Crippen LogP contribution in [-0.2, 0) is 9.53 Å². The van der Waals surface area contributed by atoms with Crippen LogP contribution in [-0.4, -0.2) is 37.9 Å². The van der Waals surface area contributed by atoms with Crippen molar-refractivity contribution in [3.05, 3.63) is 12.2 Å². The van der Waals surface area contributed by atoms with Crippen molar-refractivity contribution in [2.45, 2.75) is 51.4 Å². The number of allylic oxidation sites excluding steroid dienone is 1. The van der Waals surface area contributed by atoms with Crippen molar-refractivity contribution < 1.29 is 14.6 Å². The molecule has 0 radical (unpaired) electrons. The topological polar surface area (TPSA) is 58.6 Å². The summed E-state index contributed by atoms with van der Waals surface area (Å²) in [6, 6.07) is 0. The third kappa shape index (κ3) is 15.1. The van der Waals surface area contributed by atoms with E-state index in [1.807, 2.05) is 6.08 Å². The SMILES string of the molecule is COC(=O)C=CCCCCCCCCCNCCO. The van der Waals surface area contributed by atoms with Crippen LogP contribution in [0.15, 0.2) is 12.2 Å².